The first-order chi connectivity index (χ1) is 6.02. The number of carboxylic acids is 1. The van der Waals surface area contributed by atoms with Gasteiger partial charge in [0, 0.05) is 12.8 Å². The average molecular weight is 182 g/mol. The van der Waals surface area contributed by atoms with Crippen molar-refractivity contribution in [3.63, 3.8) is 0 Å². The zero-order valence-electron chi connectivity index (χ0n) is 7.75. The molecule has 0 saturated heterocycles. The van der Waals surface area contributed by atoms with Crippen LogP contribution in [0, 0.1) is 5.41 Å². The Morgan fingerprint density at radius 3 is 2.85 bits per heavy atom. The highest BCUT2D eigenvalue weighted by Crippen LogP contribution is 2.33. The first-order valence-corrected chi connectivity index (χ1v) is 4.46. The van der Waals surface area contributed by atoms with Gasteiger partial charge in [-0.05, 0) is 24.3 Å². The van der Waals surface area contributed by atoms with Crippen molar-refractivity contribution in [3.05, 3.63) is 12.2 Å². The van der Waals surface area contributed by atoms with Gasteiger partial charge in [-0.3, -0.25) is 9.59 Å². The standard InChI is InChI=1S/C10H14O3/c1-10(7-4-9(12)13)5-2-8(11)3-6-10/h2,5H,3-4,6-7H2,1H3,(H,12,13). The molecule has 13 heavy (non-hydrogen) atoms. The number of rotatable bonds is 3. The fourth-order valence-corrected chi connectivity index (χ4v) is 1.47. The van der Waals surface area contributed by atoms with Crippen LogP contribution in [0.4, 0.5) is 0 Å². The second kappa shape index (κ2) is 3.73. The number of aliphatic carboxylic acids is 1. The number of carbonyl (C=O) groups is 2. The van der Waals surface area contributed by atoms with E-state index in [1.807, 2.05) is 13.0 Å². The van der Waals surface area contributed by atoms with Crippen LogP contribution in [-0.4, -0.2) is 16.9 Å². The minimum atomic E-state index is -0.772. The molecule has 0 saturated carbocycles. The summed E-state index contributed by atoms with van der Waals surface area (Å²) in [6.45, 7) is 2.00. The smallest absolute Gasteiger partial charge is 0.303 e. The summed E-state index contributed by atoms with van der Waals surface area (Å²) in [6, 6.07) is 0. The topological polar surface area (TPSA) is 54.4 Å². The largest absolute Gasteiger partial charge is 0.481 e. The number of carbonyl (C=O) groups excluding carboxylic acids is 1. The van der Waals surface area contributed by atoms with E-state index >= 15 is 0 Å². The van der Waals surface area contributed by atoms with Gasteiger partial charge in [0.1, 0.15) is 0 Å². The molecule has 1 aliphatic rings. The maximum atomic E-state index is 10.9. The normalized spacial score (nSPS) is 27.6. The molecule has 0 aromatic rings. The zero-order valence-corrected chi connectivity index (χ0v) is 7.75. The van der Waals surface area contributed by atoms with Crippen LogP contribution in [0.5, 0.6) is 0 Å². The molecule has 0 heterocycles. The van der Waals surface area contributed by atoms with Gasteiger partial charge in [0.05, 0.1) is 0 Å². The molecule has 0 aromatic carbocycles. The van der Waals surface area contributed by atoms with Crippen LogP contribution in [0.3, 0.4) is 0 Å². The van der Waals surface area contributed by atoms with Gasteiger partial charge in [-0.25, -0.2) is 0 Å². The Bertz CT molecular complexity index is 255. The summed E-state index contributed by atoms with van der Waals surface area (Å²) in [5.74, 6) is -0.626. The minimum absolute atomic E-state index is 0.0910. The zero-order chi connectivity index (χ0) is 9.90. The van der Waals surface area contributed by atoms with Crippen LogP contribution in [0.2, 0.25) is 0 Å². The van der Waals surface area contributed by atoms with E-state index in [0.717, 1.165) is 6.42 Å². The molecular formula is C10H14O3. The summed E-state index contributed by atoms with van der Waals surface area (Å²) >= 11 is 0. The van der Waals surface area contributed by atoms with E-state index in [1.54, 1.807) is 6.08 Å². The van der Waals surface area contributed by atoms with Crippen molar-refractivity contribution >= 4 is 11.8 Å². The lowest BCUT2D eigenvalue weighted by Crippen LogP contribution is -2.20. The molecule has 0 spiro atoms. The van der Waals surface area contributed by atoms with Crippen LogP contribution < -0.4 is 0 Å². The highest BCUT2D eigenvalue weighted by atomic mass is 16.4. The van der Waals surface area contributed by atoms with Gasteiger partial charge in [-0.1, -0.05) is 13.0 Å². The van der Waals surface area contributed by atoms with E-state index in [9.17, 15) is 9.59 Å². The van der Waals surface area contributed by atoms with Crippen molar-refractivity contribution in [1.82, 2.24) is 0 Å². The summed E-state index contributed by atoms with van der Waals surface area (Å²) in [5, 5.41) is 8.52. The van der Waals surface area contributed by atoms with Gasteiger partial charge in [-0.15, -0.1) is 0 Å². The molecule has 0 amide bonds. The molecule has 1 unspecified atom stereocenters. The maximum Gasteiger partial charge on any atom is 0.303 e. The molecule has 1 aliphatic carbocycles. The van der Waals surface area contributed by atoms with Crippen LogP contribution in [0.15, 0.2) is 12.2 Å². The lowest BCUT2D eigenvalue weighted by Gasteiger charge is -2.27. The van der Waals surface area contributed by atoms with Crippen molar-refractivity contribution in [3.8, 4) is 0 Å². The molecule has 0 radical (unpaired) electrons. The highest BCUT2D eigenvalue weighted by Gasteiger charge is 2.25. The van der Waals surface area contributed by atoms with Gasteiger partial charge in [-0.2, -0.15) is 0 Å². The van der Waals surface area contributed by atoms with Gasteiger partial charge < -0.3 is 5.11 Å². The molecular weight excluding hydrogens is 168 g/mol. The van der Waals surface area contributed by atoms with Crippen LogP contribution >= 0.6 is 0 Å². The van der Waals surface area contributed by atoms with Gasteiger partial charge >= 0.3 is 5.97 Å². The number of ketones is 1. The van der Waals surface area contributed by atoms with E-state index in [2.05, 4.69) is 0 Å². The third-order valence-electron chi connectivity index (χ3n) is 2.52. The third kappa shape index (κ3) is 3.01. The quantitative estimate of drug-likeness (QED) is 0.723. The van der Waals surface area contributed by atoms with Crippen LogP contribution in [-0.2, 0) is 9.59 Å². The molecule has 1 N–H and O–H groups in total. The summed E-state index contributed by atoms with van der Waals surface area (Å²) < 4.78 is 0. The second-order valence-electron chi connectivity index (χ2n) is 3.85. The summed E-state index contributed by atoms with van der Waals surface area (Å²) in [4.78, 5) is 21.2. The molecule has 1 rings (SSSR count). The number of carboxylic acid groups (broad SMARTS) is 1. The third-order valence-corrected chi connectivity index (χ3v) is 2.52. The molecule has 0 aromatic heterocycles. The molecule has 3 nitrogen and oxygen atoms in total. The van der Waals surface area contributed by atoms with Gasteiger partial charge in [0.25, 0.3) is 0 Å². The SMILES string of the molecule is CC1(CCC(=O)O)C=CC(=O)CC1. The fourth-order valence-electron chi connectivity index (χ4n) is 1.47. The predicted molar refractivity (Wildman–Crippen MR) is 48.4 cm³/mol. The number of hydrogen-bond donors (Lipinski definition) is 1. The molecule has 3 heteroatoms. The summed E-state index contributed by atoms with van der Waals surface area (Å²) in [6.07, 6.45) is 5.54. The first kappa shape index (κ1) is 9.96. The number of allylic oxidation sites excluding steroid dienone is 2. The lowest BCUT2D eigenvalue weighted by molar-refractivity contribution is -0.137. The molecule has 72 valence electrons. The lowest BCUT2D eigenvalue weighted by atomic mass is 9.77. The second-order valence-corrected chi connectivity index (χ2v) is 3.85. The fraction of sp³-hybridized carbons (Fsp3) is 0.600. The molecule has 0 bridgehead atoms. The first-order valence-electron chi connectivity index (χ1n) is 4.46. The Morgan fingerprint density at radius 2 is 2.38 bits per heavy atom. The van der Waals surface area contributed by atoms with E-state index in [-0.39, 0.29) is 17.6 Å². The number of hydrogen-bond acceptors (Lipinski definition) is 2. The summed E-state index contributed by atoms with van der Waals surface area (Å²) in [7, 11) is 0. The molecule has 0 aliphatic heterocycles. The van der Waals surface area contributed by atoms with Crippen molar-refractivity contribution in [2.45, 2.75) is 32.6 Å². The van der Waals surface area contributed by atoms with Crippen molar-refractivity contribution in [2.24, 2.45) is 5.41 Å². The Hall–Kier alpha value is -1.12. The van der Waals surface area contributed by atoms with Crippen LogP contribution in [0.25, 0.3) is 0 Å². The van der Waals surface area contributed by atoms with Crippen LogP contribution in [0.1, 0.15) is 32.6 Å². The monoisotopic (exact) mass is 182 g/mol. The van der Waals surface area contributed by atoms with E-state index < -0.39 is 5.97 Å². The van der Waals surface area contributed by atoms with Crippen molar-refractivity contribution in [2.75, 3.05) is 0 Å². The van der Waals surface area contributed by atoms with Crippen molar-refractivity contribution < 1.29 is 14.7 Å². The summed E-state index contributed by atoms with van der Waals surface area (Å²) in [5.41, 5.74) is -0.0910. The maximum absolute atomic E-state index is 10.9. The highest BCUT2D eigenvalue weighted by molar-refractivity contribution is 5.90. The molecule has 0 fully saturated rings. The Morgan fingerprint density at radius 1 is 1.69 bits per heavy atom. The Balaban J connectivity index is 2.52. The predicted octanol–water partition coefficient (Wildman–Crippen LogP) is 1.78. The molecule has 1 atom stereocenters. The van der Waals surface area contributed by atoms with Gasteiger partial charge in [0.15, 0.2) is 5.78 Å². The Labute approximate surface area is 77.4 Å². The minimum Gasteiger partial charge on any atom is -0.481 e. The van der Waals surface area contributed by atoms with E-state index in [4.69, 9.17) is 5.11 Å². The van der Waals surface area contributed by atoms with Gasteiger partial charge in [0.2, 0.25) is 0 Å². The Kier molecular flexibility index (Phi) is 2.86. The van der Waals surface area contributed by atoms with Crippen molar-refractivity contribution in [1.29, 1.82) is 0 Å². The van der Waals surface area contributed by atoms with E-state index in [1.165, 1.54) is 0 Å². The van der Waals surface area contributed by atoms with E-state index in [0.29, 0.717) is 12.8 Å². The average Bonchev–Trinajstić information content (AvgIpc) is 2.08.